The quantitative estimate of drug-likeness (QED) is 0.873. The number of halogens is 1. The molecule has 132 valence electrons. The number of nitrogens with zero attached hydrogens (tertiary/aromatic N) is 3. The average Bonchev–Trinajstić information content (AvgIpc) is 2.66. The molecule has 1 N–H and O–H groups in total. The van der Waals surface area contributed by atoms with Crippen LogP contribution in [0.3, 0.4) is 0 Å². The van der Waals surface area contributed by atoms with Crippen molar-refractivity contribution in [1.82, 2.24) is 15.2 Å². The molecule has 0 unspecified atom stereocenters. The Kier molecular flexibility index (Phi) is 5.95. The molecule has 2 aromatic rings. The van der Waals surface area contributed by atoms with Crippen molar-refractivity contribution in [1.29, 1.82) is 0 Å². The van der Waals surface area contributed by atoms with Crippen molar-refractivity contribution < 1.29 is 9.18 Å². The molecule has 6 heteroatoms. The first kappa shape index (κ1) is 17.4. The maximum atomic E-state index is 13.8. The van der Waals surface area contributed by atoms with E-state index in [-0.39, 0.29) is 11.7 Å². The highest BCUT2D eigenvalue weighted by Gasteiger charge is 2.19. The Bertz CT molecular complexity index is 687. The molecule has 1 aliphatic rings. The van der Waals surface area contributed by atoms with Crippen molar-refractivity contribution in [2.45, 2.75) is 13.0 Å². The normalized spacial score (nSPS) is 15.2. The molecule has 1 amide bonds. The van der Waals surface area contributed by atoms with E-state index in [1.807, 2.05) is 24.3 Å². The van der Waals surface area contributed by atoms with Crippen molar-refractivity contribution in [3.63, 3.8) is 0 Å². The number of amides is 1. The van der Waals surface area contributed by atoms with Gasteiger partial charge in [0.2, 0.25) is 5.91 Å². The van der Waals surface area contributed by atoms with Gasteiger partial charge in [-0.05, 0) is 23.8 Å². The molecule has 5 nitrogen and oxygen atoms in total. The van der Waals surface area contributed by atoms with Crippen LogP contribution in [0, 0.1) is 5.82 Å². The van der Waals surface area contributed by atoms with Gasteiger partial charge in [0.1, 0.15) is 5.82 Å². The Morgan fingerprint density at radius 1 is 1.12 bits per heavy atom. The number of anilines is 1. The Labute approximate surface area is 147 Å². The fourth-order valence-electron chi connectivity index (χ4n) is 2.97. The predicted molar refractivity (Wildman–Crippen MR) is 95.8 cm³/mol. The molecule has 0 spiro atoms. The first-order valence-corrected chi connectivity index (χ1v) is 8.60. The molecule has 0 bridgehead atoms. The van der Waals surface area contributed by atoms with Crippen molar-refractivity contribution in [3.05, 3.63) is 60.2 Å². The van der Waals surface area contributed by atoms with Gasteiger partial charge in [0.25, 0.3) is 0 Å². The van der Waals surface area contributed by atoms with Crippen molar-refractivity contribution in [2.24, 2.45) is 0 Å². The summed E-state index contributed by atoms with van der Waals surface area (Å²) in [7, 11) is 0. The summed E-state index contributed by atoms with van der Waals surface area (Å²) < 4.78 is 13.8. The lowest BCUT2D eigenvalue weighted by Crippen LogP contribution is -2.47. The maximum Gasteiger partial charge on any atom is 0.221 e. The van der Waals surface area contributed by atoms with Crippen molar-refractivity contribution in [2.75, 3.05) is 37.6 Å². The number of benzene rings is 1. The lowest BCUT2D eigenvalue weighted by Gasteiger charge is -2.36. The van der Waals surface area contributed by atoms with E-state index in [1.54, 1.807) is 18.5 Å². The third kappa shape index (κ3) is 5.00. The summed E-state index contributed by atoms with van der Waals surface area (Å²) in [4.78, 5) is 20.3. The zero-order valence-electron chi connectivity index (χ0n) is 14.2. The third-order valence-electron chi connectivity index (χ3n) is 4.43. The summed E-state index contributed by atoms with van der Waals surface area (Å²) >= 11 is 0. The molecule has 1 fully saturated rings. The molecule has 3 rings (SSSR count). The smallest absolute Gasteiger partial charge is 0.221 e. The van der Waals surface area contributed by atoms with E-state index in [1.165, 1.54) is 6.07 Å². The highest BCUT2D eigenvalue weighted by molar-refractivity contribution is 5.76. The Morgan fingerprint density at radius 2 is 1.92 bits per heavy atom. The molecule has 0 aliphatic carbocycles. The number of nitrogens with one attached hydrogen (secondary N) is 1. The van der Waals surface area contributed by atoms with Crippen molar-refractivity contribution >= 4 is 11.6 Å². The van der Waals surface area contributed by atoms with Crippen LogP contribution in [0.15, 0.2) is 48.8 Å². The number of piperazine rings is 1. The maximum absolute atomic E-state index is 13.8. The van der Waals surface area contributed by atoms with Gasteiger partial charge in [0.05, 0.1) is 5.69 Å². The minimum atomic E-state index is -0.175. The van der Waals surface area contributed by atoms with Gasteiger partial charge in [-0.25, -0.2) is 4.39 Å². The number of hydrogen-bond donors (Lipinski definition) is 1. The fraction of sp³-hybridized carbons (Fsp3) is 0.368. The van der Waals surface area contributed by atoms with Crippen LogP contribution in [0.1, 0.15) is 12.0 Å². The molecule has 25 heavy (non-hydrogen) atoms. The number of para-hydroxylation sites is 1. The minimum absolute atomic E-state index is 0.0420. The van der Waals surface area contributed by atoms with E-state index in [0.717, 1.165) is 38.3 Å². The molecular weight excluding hydrogens is 319 g/mol. The Balaban J connectivity index is 1.38. The number of carbonyl (C=O) groups excluding carboxylic acids is 1. The van der Waals surface area contributed by atoms with Gasteiger partial charge in [0.15, 0.2) is 0 Å². The van der Waals surface area contributed by atoms with Gasteiger partial charge in [0, 0.05) is 58.1 Å². The average molecular weight is 342 g/mol. The number of carbonyl (C=O) groups is 1. The number of pyridine rings is 1. The lowest BCUT2D eigenvalue weighted by atomic mass is 10.2. The molecule has 2 heterocycles. The summed E-state index contributed by atoms with van der Waals surface area (Å²) in [6.45, 7) is 4.46. The first-order chi connectivity index (χ1) is 12.2. The first-order valence-electron chi connectivity index (χ1n) is 8.60. The Hall–Kier alpha value is -2.47. The second-order valence-corrected chi connectivity index (χ2v) is 6.17. The van der Waals surface area contributed by atoms with E-state index < -0.39 is 0 Å². The van der Waals surface area contributed by atoms with Gasteiger partial charge in [-0.3, -0.25) is 14.7 Å². The lowest BCUT2D eigenvalue weighted by molar-refractivity contribution is -0.121. The molecule has 1 saturated heterocycles. The van der Waals surface area contributed by atoms with Crippen molar-refractivity contribution in [3.8, 4) is 0 Å². The van der Waals surface area contributed by atoms with Gasteiger partial charge in [-0.1, -0.05) is 18.2 Å². The fourth-order valence-corrected chi connectivity index (χ4v) is 2.97. The molecule has 0 atom stereocenters. The minimum Gasteiger partial charge on any atom is -0.367 e. The number of rotatable bonds is 6. The summed E-state index contributed by atoms with van der Waals surface area (Å²) in [5.41, 5.74) is 1.66. The molecule has 1 aromatic carbocycles. The zero-order valence-corrected chi connectivity index (χ0v) is 14.2. The molecule has 0 radical (unpaired) electrons. The van der Waals surface area contributed by atoms with Gasteiger partial charge >= 0.3 is 0 Å². The SMILES string of the molecule is O=C(CCN1CCN(c2ccccc2F)CC1)NCc1cccnc1. The summed E-state index contributed by atoms with van der Waals surface area (Å²) in [6, 6.07) is 10.7. The van der Waals surface area contributed by atoms with E-state index in [0.29, 0.717) is 18.7 Å². The van der Waals surface area contributed by atoms with Crippen LogP contribution in [0.4, 0.5) is 10.1 Å². The van der Waals surface area contributed by atoms with E-state index in [2.05, 4.69) is 20.1 Å². The second kappa shape index (κ2) is 8.58. The highest BCUT2D eigenvalue weighted by Crippen LogP contribution is 2.20. The molecule has 1 aliphatic heterocycles. The summed E-state index contributed by atoms with van der Waals surface area (Å²) in [6.07, 6.45) is 3.94. The van der Waals surface area contributed by atoms with Gasteiger partial charge in [-0.15, -0.1) is 0 Å². The molecular formula is C19H23FN4O. The van der Waals surface area contributed by atoms with Crippen LogP contribution in [-0.2, 0) is 11.3 Å². The molecule has 1 aromatic heterocycles. The summed E-state index contributed by atoms with van der Waals surface area (Å²) in [5, 5.41) is 2.92. The van der Waals surface area contributed by atoms with E-state index in [4.69, 9.17) is 0 Å². The number of hydrogen-bond acceptors (Lipinski definition) is 4. The summed E-state index contributed by atoms with van der Waals surface area (Å²) in [5.74, 6) is -0.133. The van der Waals surface area contributed by atoms with Crippen LogP contribution in [-0.4, -0.2) is 48.5 Å². The van der Waals surface area contributed by atoms with Crippen LogP contribution in [0.2, 0.25) is 0 Å². The van der Waals surface area contributed by atoms with Crippen LogP contribution >= 0.6 is 0 Å². The van der Waals surface area contributed by atoms with Crippen LogP contribution in [0.25, 0.3) is 0 Å². The Morgan fingerprint density at radius 3 is 2.64 bits per heavy atom. The predicted octanol–water partition coefficient (Wildman–Crippen LogP) is 2.05. The highest BCUT2D eigenvalue weighted by atomic mass is 19.1. The zero-order chi connectivity index (χ0) is 17.5. The van der Waals surface area contributed by atoms with Gasteiger partial charge in [-0.2, -0.15) is 0 Å². The standard InChI is InChI=1S/C19H23FN4O/c20-17-5-1-2-6-18(17)24-12-10-23(11-13-24)9-7-19(25)22-15-16-4-3-8-21-14-16/h1-6,8,14H,7,9-13,15H2,(H,22,25). The molecule has 0 saturated carbocycles. The number of aromatic nitrogens is 1. The van der Waals surface area contributed by atoms with Crippen LogP contribution in [0.5, 0.6) is 0 Å². The second-order valence-electron chi connectivity index (χ2n) is 6.17. The topological polar surface area (TPSA) is 48.5 Å². The van der Waals surface area contributed by atoms with E-state index >= 15 is 0 Å². The third-order valence-corrected chi connectivity index (χ3v) is 4.43. The van der Waals surface area contributed by atoms with Gasteiger partial charge < -0.3 is 10.2 Å². The largest absolute Gasteiger partial charge is 0.367 e. The van der Waals surface area contributed by atoms with Crippen LogP contribution < -0.4 is 10.2 Å². The monoisotopic (exact) mass is 342 g/mol. The van der Waals surface area contributed by atoms with E-state index in [9.17, 15) is 9.18 Å².